The molecule has 1 heterocycles. The molecule has 6 heteroatoms. The van der Waals surface area contributed by atoms with E-state index in [1.165, 1.54) is 7.11 Å². The van der Waals surface area contributed by atoms with Gasteiger partial charge in [0.25, 0.3) is 5.91 Å². The monoisotopic (exact) mass is 332 g/mol. The van der Waals surface area contributed by atoms with Crippen LogP contribution in [0, 0.1) is 5.92 Å². The first-order valence-electron chi connectivity index (χ1n) is 7.90. The molecule has 0 N–H and O–H groups in total. The van der Waals surface area contributed by atoms with Crippen molar-refractivity contribution in [2.45, 2.75) is 6.42 Å². The van der Waals surface area contributed by atoms with Crippen LogP contribution < -0.4 is 9.47 Å². The molecule has 0 spiro atoms. The van der Waals surface area contributed by atoms with Gasteiger partial charge in [0.05, 0.1) is 13.0 Å². The fraction of sp³-hybridized carbons (Fsp3) is 0.444. The normalized spacial score (nSPS) is 16.6. The molecule has 1 aromatic rings. The highest BCUT2D eigenvalue weighted by atomic mass is 16.5. The van der Waals surface area contributed by atoms with Gasteiger partial charge in [-0.15, -0.1) is 0 Å². The summed E-state index contributed by atoms with van der Waals surface area (Å²) in [5.74, 6) is 0.911. The summed E-state index contributed by atoms with van der Waals surface area (Å²) in [6, 6.07) is 5.10. The van der Waals surface area contributed by atoms with Gasteiger partial charge in [0.15, 0.2) is 11.5 Å². The van der Waals surface area contributed by atoms with Gasteiger partial charge in [0, 0.05) is 32.7 Å². The summed E-state index contributed by atoms with van der Waals surface area (Å²) in [7, 11) is 5.01. The molecular weight excluding hydrogens is 308 g/mol. The minimum atomic E-state index is -0.124. The zero-order valence-corrected chi connectivity index (χ0v) is 14.4. The summed E-state index contributed by atoms with van der Waals surface area (Å²) in [4.78, 5) is 28.0. The Morgan fingerprint density at radius 1 is 1.38 bits per heavy atom. The maximum atomic E-state index is 12.7. The highest BCUT2D eigenvalue weighted by molar-refractivity contribution is 5.95. The third-order valence-corrected chi connectivity index (χ3v) is 4.03. The van der Waals surface area contributed by atoms with Gasteiger partial charge in [-0.1, -0.05) is 12.7 Å². The number of benzene rings is 1. The molecule has 0 aromatic heterocycles. The van der Waals surface area contributed by atoms with E-state index in [2.05, 4.69) is 6.58 Å². The molecule has 1 saturated heterocycles. The first-order chi connectivity index (χ1) is 11.5. The molecule has 0 bridgehead atoms. The van der Waals surface area contributed by atoms with E-state index in [4.69, 9.17) is 9.47 Å². The Hall–Kier alpha value is -2.50. The predicted octanol–water partition coefficient (Wildman–Crippen LogP) is 1.81. The van der Waals surface area contributed by atoms with Crippen LogP contribution in [0.4, 0.5) is 0 Å². The van der Waals surface area contributed by atoms with Gasteiger partial charge in [0.2, 0.25) is 5.91 Å². The topological polar surface area (TPSA) is 59.1 Å². The van der Waals surface area contributed by atoms with Crippen LogP contribution in [0.2, 0.25) is 0 Å². The van der Waals surface area contributed by atoms with Crippen molar-refractivity contribution in [3.63, 3.8) is 0 Å². The van der Waals surface area contributed by atoms with Crippen LogP contribution in [-0.4, -0.2) is 62.5 Å². The van der Waals surface area contributed by atoms with E-state index in [9.17, 15) is 9.59 Å². The number of nitrogens with zero attached hydrogens (tertiary/aromatic N) is 2. The number of rotatable bonds is 6. The summed E-state index contributed by atoms with van der Waals surface area (Å²) >= 11 is 0. The van der Waals surface area contributed by atoms with Crippen molar-refractivity contribution in [3.8, 4) is 11.5 Å². The van der Waals surface area contributed by atoms with Crippen LogP contribution in [0.1, 0.15) is 16.8 Å². The summed E-state index contributed by atoms with van der Waals surface area (Å²) in [6.07, 6.45) is 2.34. The number of methoxy groups -OCH3 is 1. The van der Waals surface area contributed by atoms with Crippen LogP contribution in [-0.2, 0) is 4.79 Å². The van der Waals surface area contributed by atoms with E-state index in [1.807, 2.05) is 0 Å². The van der Waals surface area contributed by atoms with Gasteiger partial charge < -0.3 is 19.3 Å². The highest BCUT2D eigenvalue weighted by Gasteiger charge is 2.32. The Kier molecular flexibility index (Phi) is 5.84. The second-order valence-electron chi connectivity index (χ2n) is 5.93. The second-order valence-corrected chi connectivity index (χ2v) is 5.93. The van der Waals surface area contributed by atoms with Gasteiger partial charge >= 0.3 is 0 Å². The van der Waals surface area contributed by atoms with E-state index in [-0.39, 0.29) is 17.7 Å². The molecule has 24 heavy (non-hydrogen) atoms. The lowest BCUT2D eigenvalue weighted by molar-refractivity contribution is -0.132. The quantitative estimate of drug-likeness (QED) is 0.746. The summed E-state index contributed by atoms with van der Waals surface area (Å²) < 4.78 is 10.8. The summed E-state index contributed by atoms with van der Waals surface area (Å²) in [6.45, 7) is 5.01. The smallest absolute Gasteiger partial charge is 0.254 e. The molecule has 0 unspecified atom stereocenters. The summed E-state index contributed by atoms with van der Waals surface area (Å²) in [5, 5.41) is 0. The molecule has 0 saturated carbocycles. The average molecular weight is 332 g/mol. The minimum Gasteiger partial charge on any atom is -0.493 e. The van der Waals surface area contributed by atoms with Crippen LogP contribution in [0.3, 0.4) is 0 Å². The Labute approximate surface area is 142 Å². The number of hydrogen-bond acceptors (Lipinski definition) is 4. The number of amides is 2. The first-order valence-corrected chi connectivity index (χ1v) is 7.90. The number of carbonyl (C=O) groups is 2. The SMILES string of the molecule is C=CCOc1ccc(C(=O)N2CC[C@@H](C(=O)N(C)C)C2)cc1OC. The Morgan fingerprint density at radius 3 is 2.75 bits per heavy atom. The molecule has 1 aliphatic heterocycles. The van der Waals surface area contributed by atoms with Gasteiger partial charge in [-0.2, -0.15) is 0 Å². The molecule has 6 nitrogen and oxygen atoms in total. The molecule has 130 valence electrons. The fourth-order valence-electron chi connectivity index (χ4n) is 2.76. The van der Waals surface area contributed by atoms with Gasteiger partial charge in [-0.05, 0) is 24.6 Å². The number of hydrogen-bond donors (Lipinski definition) is 0. The van der Waals surface area contributed by atoms with E-state index < -0.39 is 0 Å². The van der Waals surface area contributed by atoms with Crippen molar-refractivity contribution >= 4 is 11.8 Å². The van der Waals surface area contributed by atoms with Crippen molar-refractivity contribution in [2.75, 3.05) is 40.9 Å². The fourth-order valence-corrected chi connectivity index (χ4v) is 2.76. The van der Waals surface area contributed by atoms with Crippen LogP contribution in [0.15, 0.2) is 30.9 Å². The van der Waals surface area contributed by atoms with Gasteiger partial charge in [-0.3, -0.25) is 9.59 Å². The molecule has 1 aromatic carbocycles. The van der Waals surface area contributed by atoms with E-state index >= 15 is 0 Å². The number of likely N-dealkylation sites (tertiary alicyclic amines) is 1. The molecule has 1 atom stereocenters. The Morgan fingerprint density at radius 2 is 2.12 bits per heavy atom. The first kappa shape index (κ1) is 17.8. The average Bonchev–Trinajstić information content (AvgIpc) is 3.08. The van der Waals surface area contributed by atoms with Gasteiger partial charge in [-0.25, -0.2) is 0 Å². The van der Waals surface area contributed by atoms with Crippen molar-refractivity contribution in [1.29, 1.82) is 0 Å². The van der Waals surface area contributed by atoms with Crippen LogP contribution in [0.25, 0.3) is 0 Å². The molecular formula is C18H24N2O4. The van der Waals surface area contributed by atoms with Crippen molar-refractivity contribution in [1.82, 2.24) is 9.80 Å². The molecule has 2 rings (SSSR count). The van der Waals surface area contributed by atoms with Crippen LogP contribution >= 0.6 is 0 Å². The minimum absolute atomic E-state index is 0.0658. The molecule has 1 aliphatic rings. The zero-order valence-electron chi connectivity index (χ0n) is 14.4. The lowest BCUT2D eigenvalue weighted by Crippen LogP contribution is -2.34. The largest absolute Gasteiger partial charge is 0.493 e. The van der Waals surface area contributed by atoms with E-state index in [0.717, 1.165) is 0 Å². The molecule has 0 radical (unpaired) electrons. The van der Waals surface area contributed by atoms with Crippen LogP contribution in [0.5, 0.6) is 11.5 Å². The third kappa shape index (κ3) is 3.88. The predicted molar refractivity (Wildman–Crippen MR) is 91.4 cm³/mol. The standard InChI is InChI=1S/C18H24N2O4/c1-5-10-24-15-7-6-13(11-16(15)23-4)18(22)20-9-8-14(12-20)17(21)19(2)3/h5-7,11,14H,1,8-10,12H2,2-4H3/t14-/m1/s1. The Bertz CT molecular complexity index is 627. The Balaban J connectivity index is 2.10. The molecule has 2 amide bonds. The number of ether oxygens (including phenoxy) is 2. The maximum absolute atomic E-state index is 12.7. The summed E-state index contributed by atoms with van der Waals surface area (Å²) in [5.41, 5.74) is 0.524. The van der Waals surface area contributed by atoms with Gasteiger partial charge in [0.1, 0.15) is 6.61 Å². The molecule has 0 aliphatic carbocycles. The highest BCUT2D eigenvalue weighted by Crippen LogP contribution is 2.29. The number of carbonyl (C=O) groups excluding carboxylic acids is 2. The third-order valence-electron chi connectivity index (χ3n) is 4.03. The van der Waals surface area contributed by atoms with Crippen molar-refractivity contribution < 1.29 is 19.1 Å². The van der Waals surface area contributed by atoms with Crippen molar-refractivity contribution in [2.24, 2.45) is 5.92 Å². The lowest BCUT2D eigenvalue weighted by Gasteiger charge is -2.19. The van der Waals surface area contributed by atoms with E-state index in [1.54, 1.807) is 48.2 Å². The van der Waals surface area contributed by atoms with Crippen molar-refractivity contribution in [3.05, 3.63) is 36.4 Å². The van der Waals surface area contributed by atoms with E-state index in [0.29, 0.717) is 43.2 Å². The lowest BCUT2D eigenvalue weighted by atomic mass is 10.1. The second kappa shape index (κ2) is 7.86. The zero-order chi connectivity index (χ0) is 17.7. The maximum Gasteiger partial charge on any atom is 0.254 e. The molecule has 1 fully saturated rings.